The van der Waals surface area contributed by atoms with Crippen LogP contribution in [0.25, 0.3) is 0 Å². The molecule has 0 aliphatic carbocycles. The van der Waals surface area contributed by atoms with Gasteiger partial charge in [0.25, 0.3) is 0 Å². The third kappa shape index (κ3) is 26.6. The lowest BCUT2D eigenvalue weighted by atomic mass is 10.2. The third-order valence-electron chi connectivity index (χ3n) is 0.498. The van der Waals surface area contributed by atoms with Crippen LogP contribution in [-0.2, 0) is 9.59 Å². The molecule has 0 saturated carbocycles. The second-order valence-corrected chi connectivity index (χ2v) is 1.90. The number of carbonyl (C=O) groups excluding carboxylic acids is 2. The molecule has 1 N–H and O–H groups in total. The summed E-state index contributed by atoms with van der Waals surface area (Å²) in [4.78, 5) is 20.1. The molecule has 0 aromatic heterocycles. The van der Waals surface area contributed by atoms with Crippen LogP contribution in [0.3, 0.4) is 0 Å². The van der Waals surface area contributed by atoms with E-state index in [0.29, 0.717) is 0 Å². The first kappa shape index (κ1) is 12.0. The summed E-state index contributed by atoms with van der Waals surface area (Å²) in [6, 6.07) is 0. The van der Waals surface area contributed by atoms with Gasteiger partial charge in [0.05, 0.1) is 6.42 Å². The van der Waals surface area contributed by atoms with Gasteiger partial charge in [0.1, 0.15) is 11.6 Å². The highest BCUT2D eigenvalue weighted by Crippen LogP contribution is 1.80. The van der Waals surface area contributed by atoms with Crippen molar-refractivity contribution in [1.29, 1.82) is 0 Å². The minimum atomic E-state index is -0.0625. The molecule has 0 heterocycles. The van der Waals surface area contributed by atoms with E-state index in [0.717, 1.165) is 0 Å². The Morgan fingerprint density at radius 3 is 1.40 bits per heavy atom. The number of rotatable bonds is 2. The second kappa shape index (κ2) is 8.30. The van der Waals surface area contributed by atoms with Crippen LogP contribution in [0.2, 0.25) is 0 Å². The van der Waals surface area contributed by atoms with Gasteiger partial charge in [-0.1, -0.05) is 0 Å². The van der Waals surface area contributed by atoms with Crippen molar-refractivity contribution in [3.05, 3.63) is 0 Å². The van der Waals surface area contributed by atoms with E-state index in [1.54, 1.807) is 6.92 Å². The lowest BCUT2D eigenvalue weighted by Crippen LogP contribution is -1.97. The van der Waals surface area contributed by atoms with Crippen molar-refractivity contribution in [2.45, 2.75) is 27.2 Å². The van der Waals surface area contributed by atoms with Crippen molar-refractivity contribution < 1.29 is 14.7 Å². The molecule has 3 nitrogen and oxygen atoms in total. The summed E-state index contributed by atoms with van der Waals surface area (Å²) >= 11 is 0. The van der Waals surface area contributed by atoms with Crippen molar-refractivity contribution >= 4 is 11.6 Å². The Labute approximate surface area is 61.1 Å². The summed E-state index contributed by atoms with van der Waals surface area (Å²) in [5.74, 6) is -0.125. The summed E-state index contributed by atoms with van der Waals surface area (Å²) in [6.07, 6.45) is 0.0833. The molecule has 0 aliphatic rings. The number of carbonyl (C=O) groups is 2. The van der Waals surface area contributed by atoms with Crippen LogP contribution in [0.4, 0.5) is 0 Å². The molecule has 3 heteroatoms. The number of hydrogen-bond donors (Lipinski definition) is 1. The van der Waals surface area contributed by atoms with E-state index >= 15 is 0 Å². The maximum absolute atomic E-state index is 10.0. The quantitative estimate of drug-likeness (QED) is 0.579. The Bertz CT molecular complexity index is 95.4. The van der Waals surface area contributed by atoms with Gasteiger partial charge >= 0.3 is 0 Å². The Morgan fingerprint density at radius 1 is 1.20 bits per heavy atom. The van der Waals surface area contributed by atoms with Gasteiger partial charge in [-0.15, -0.1) is 0 Å². The van der Waals surface area contributed by atoms with Crippen molar-refractivity contribution in [3.8, 4) is 0 Å². The van der Waals surface area contributed by atoms with Gasteiger partial charge in [0.15, 0.2) is 0 Å². The zero-order valence-corrected chi connectivity index (χ0v) is 6.68. The van der Waals surface area contributed by atoms with Crippen LogP contribution in [0.5, 0.6) is 0 Å². The average molecular weight is 146 g/mol. The lowest BCUT2D eigenvalue weighted by molar-refractivity contribution is -0.124. The summed E-state index contributed by atoms with van der Waals surface area (Å²) < 4.78 is 0. The molecule has 0 rings (SSSR count). The Hall–Kier alpha value is -0.700. The number of Topliss-reactive ketones (excluding diaryl/α,β-unsaturated/α-hetero) is 2. The summed E-state index contributed by atoms with van der Waals surface area (Å²) in [7, 11) is 0. The fourth-order valence-corrected chi connectivity index (χ4v) is 0.351. The summed E-state index contributed by atoms with van der Waals surface area (Å²) in [5.41, 5.74) is 0. The van der Waals surface area contributed by atoms with Crippen LogP contribution >= 0.6 is 0 Å². The van der Waals surface area contributed by atoms with E-state index in [4.69, 9.17) is 5.11 Å². The molecule has 0 unspecified atom stereocenters. The van der Waals surface area contributed by atoms with Crippen LogP contribution in [0.1, 0.15) is 27.2 Å². The predicted molar refractivity (Wildman–Crippen MR) is 38.7 cm³/mol. The number of ketones is 2. The van der Waals surface area contributed by atoms with Crippen molar-refractivity contribution in [2.75, 3.05) is 6.61 Å². The van der Waals surface area contributed by atoms with Gasteiger partial charge in [-0.2, -0.15) is 0 Å². The van der Waals surface area contributed by atoms with Crippen LogP contribution < -0.4 is 0 Å². The molecule has 0 amide bonds. The van der Waals surface area contributed by atoms with E-state index in [1.165, 1.54) is 13.8 Å². The third-order valence-corrected chi connectivity index (χ3v) is 0.498. The SMILES string of the molecule is CC(=O)CC(C)=O.CCO. The molecule has 0 fully saturated rings. The fraction of sp³-hybridized carbons (Fsp3) is 0.714. The van der Waals surface area contributed by atoms with Crippen LogP contribution in [0, 0.1) is 0 Å². The van der Waals surface area contributed by atoms with Gasteiger partial charge in [-0.3, -0.25) is 9.59 Å². The molecule has 0 aromatic carbocycles. The monoisotopic (exact) mass is 146 g/mol. The van der Waals surface area contributed by atoms with Gasteiger partial charge < -0.3 is 5.11 Å². The average Bonchev–Trinajstić information content (AvgIpc) is 1.62. The van der Waals surface area contributed by atoms with Gasteiger partial charge in [-0.25, -0.2) is 0 Å². The van der Waals surface area contributed by atoms with Gasteiger partial charge in [-0.05, 0) is 20.8 Å². The van der Waals surface area contributed by atoms with Crippen LogP contribution in [-0.4, -0.2) is 23.3 Å². The van der Waals surface area contributed by atoms with E-state index in [9.17, 15) is 9.59 Å². The molecular formula is C7H14O3. The Balaban J connectivity index is 0. The molecule has 0 saturated heterocycles. The van der Waals surface area contributed by atoms with E-state index in [2.05, 4.69) is 0 Å². The molecule has 0 bridgehead atoms. The first-order valence-electron chi connectivity index (χ1n) is 3.14. The molecular weight excluding hydrogens is 132 g/mol. The largest absolute Gasteiger partial charge is 0.397 e. The smallest absolute Gasteiger partial charge is 0.137 e. The van der Waals surface area contributed by atoms with E-state index in [1.807, 2.05) is 0 Å². The normalized spacial score (nSPS) is 7.60. The maximum Gasteiger partial charge on any atom is 0.137 e. The minimum absolute atomic E-state index is 0.0625. The molecule has 0 aromatic rings. The highest BCUT2D eigenvalue weighted by Gasteiger charge is 1.94. The second-order valence-electron chi connectivity index (χ2n) is 1.90. The fourth-order valence-electron chi connectivity index (χ4n) is 0.351. The summed E-state index contributed by atoms with van der Waals surface area (Å²) in [6.45, 7) is 4.74. The van der Waals surface area contributed by atoms with Gasteiger partial charge in [0, 0.05) is 6.61 Å². The first-order valence-corrected chi connectivity index (χ1v) is 3.14. The predicted octanol–water partition coefficient (Wildman–Crippen LogP) is 0.553. The Kier molecular flexibility index (Phi) is 9.98. The molecule has 60 valence electrons. The number of aliphatic hydroxyl groups excluding tert-OH is 1. The van der Waals surface area contributed by atoms with Crippen LogP contribution in [0.15, 0.2) is 0 Å². The highest BCUT2D eigenvalue weighted by atomic mass is 16.2. The zero-order valence-electron chi connectivity index (χ0n) is 6.68. The van der Waals surface area contributed by atoms with E-state index < -0.39 is 0 Å². The van der Waals surface area contributed by atoms with Gasteiger partial charge in [0.2, 0.25) is 0 Å². The number of hydrogen-bond acceptors (Lipinski definition) is 3. The topological polar surface area (TPSA) is 54.4 Å². The molecule has 0 atom stereocenters. The van der Waals surface area contributed by atoms with Crippen molar-refractivity contribution in [2.24, 2.45) is 0 Å². The maximum atomic E-state index is 10.0. The highest BCUT2D eigenvalue weighted by molar-refractivity contribution is 5.96. The Morgan fingerprint density at radius 2 is 1.40 bits per heavy atom. The summed E-state index contributed by atoms with van der Waals surface area (Å²) in [5, 5.41) is 7.57. The lowest BCUT2D eigenvalue weighted by Gasteiger charge is -1.81. The zero-order chi connectivity index (χ0) is 8.57. The van der Waals surface area contributed by atoms with Crippen molar-refractivity contribution in [1.82, 2.24) is 0 Å². The van der Waals surface area contributed by atoms with E-state index in [-0.39, 0.29) is 24.6 Å². The molecule has 0 spiro atoms. The first-order chi connectivity index (χ1) is 4.54. The molecule has 10 heavy (non-hydrogen) atoms. The number of aliphatic hydroxyl groups is 1. The molecule has 0 aliphatic heterocycles. The molecule has 0 radical (unpaired) electrons. The minimum Gasteiger partial charge on any atom is -0.397 e. The standard InChI is InChI=1S/C5H8O2.C2H6O/c1-4(6)3-5(2)7;1-2-3/h3H2,1-2H3;3H,2H2,1H3. The van der Waals surface area contributed by atoms with Crippen molar-refractivity contribution in [3.63, 3.8) is 0 Å².